The summed E-state index contributed by atoms with van der Waals surface area (Å²) in [5.41, 5.74) is 3.66. The molecule has 0 aliphatic heterocycles. The van der Waals surface area contributed by atoms with E-state index in [1.807, 2.05) is 42.8 Å². The van der Waals surface area contributed by atoms with E-state index in [-0.39, 0.29) is 0 Å². The molecule has 0 atom stereocenters. The summed E-state index contributed by atoms with van der Waals surface area (Å²) in [5.74, 6) is 7.11. The highest BCUT2D eigenvalue weighted by molar-refractivity contribution is 6.30. The summed E-state index contributed by atoms with van der Waals surface area (Å²) in [6.45, 7) is 4.57. The molecule has 0 amide bonds. The quantitative estimate of drug-likeness (QED) is 0.679. The lowest BCUT2D eigenvalue weighted by Gasteiger charge is -2.04. The molecule has 3 heterocycles. The molecule has 0 spiro atoms. The Morgan fingerprint density at radius 1 is 1.17 bits per heavy atom. The number of imidazole rings is 1. The highest BCUT2D eigenvalue weighted by atomic mass is 35.5. The van der Waals surface area contributed by atoms with Gasteiger partial charge >= 0.3 is 0 Å². The van der Waals surface area contributed by atoms with Crippen molar-refractivity contribution in [3.05, 3.63) is 76.3 Å². The van der Waals surface area contributed by atoms with Crippen LogP contribution in [0, 0.1) is 25.7 Å². The number of pyridine rings is 2. The van der Waals surface area contributed by atoms with E-state index in [0.29, 0.717) is 11.6 Å². The summed E-state index contributed by atoms with van der Waals surface area (Å²) < 4.78 is 2.04. The molecule has 0 aliphatic carbocycles. The van der Waals surface area contributed by atoms with Crippen molar-refractivity contribution in [1.29, 1.82) is 0 Å². The van der Waals surface area contributed by atoms with E-state index in [1.54, 1.807) is 18.6 Å². The lowest BCUT2D eigenvalue weighted by atomic mass is 10.2. The van der Waals surface area contributed by atoms with Gasteiger partial charge in [-0.2, -0.15) is 0 Å². The van der Waals surface area contributed by atoms with Crippen LogP contribution in [0.5, 0.6) is 0 Å². The molecule has 0 aliphatic rings. The van der Waals surface area contributed by atoms with Gasteiger partial charge < -0.3 is 4.57 Å². The molecular weight excluding hydrogens is 308 g/mol. The van der Waals surface area contributed by atoms with Crippen LogP contribution in [0.4, 0.5) is 0 Å². The first kappa shape index (κ1) is 15.3. The number of nitrogens with zero attached hydrogens (tertiary/aromatic N) is 4. The summed E-state index contributed by atoms with van der Waals surface area (Å²) in [6.07, 6.45) is 7.13. The third-order valence-corrected chi connectivity index (χ3v) is 3.53. The number of aromatic nitrogens is 4. The SMILES string of the molecule is Cc1cc(C#Cc2cn(Cc3cncc(Cl)c3)c(C)n2)ccn1. The Morgan fingerprint density at radius 3 is 2.83 bits per heavy atom. The van der Waals surface area contributed by atoms with E-state index >= 15 is 0 Å². The maximum absolute atomic E-state index is 5.97. The molecule has 0 bridgehead atoms. The van der Waals surface area contributed by atoms with Crippen molar-refractivity contribution in [2.24, 2.45) is 0 Å². The standard InChI is InChI=1S/C18H15ClN4/c1-13-7-15(5-6-21-13)3-4-18-12-23(14(2)22-18)11-16-8-17(19)10-20-9-16/h5-10,12H,11H2,1-2H3. The van der Waals surface area contributed by atoms with Crippen LogP contribution in [0.3, 0.4) is 0 Å². The Hall–Kier alpha value is -2.64. The second kappa shape index (κ2) is 6.64. The Bertz CT molecular complexity index is 903. The molecule has 0 unspecified atom stereocenters. The predicted molar refractivity (Wildman–Crippen MR) is 90.3 cm³/mol. The van der Waals surface area contributed by atoms with Gasteiger partial charge in [0.25, 0.3) is 0 Å². The normalized spacial score (nSPS) is 10.2. The van der Waals surface area contributed by atoms with Gasteiger partial charge in [-0.05, 0) is 43.5 Å². The zero-order chi connectivity index (χ0) is 16.2. The van der Waals surface area contributed by atoms with Crippen LogP contribution in [0.2, 0.25) is 5.02 Å². The molecule has 4 nitrogen and oxygen atoms in total. The number of hydrogen-bond acceptors (Lipinski definition) is 3. The van der Waals surface area contributed by atoms with Crippen molar-refractivity contribution in [2.75, 3.05) is 0 Å². The van der Waals surface area contributed by atoms with Gasteiger partial charge in [0.2, 0.25) is 0 Å². The molecular formula is C18H15ClN4. The summed E-state index contributed by atoms with van der Waals surface area (Å²) >= 11 is 5.97. The molecule has 3 aromatic heterocycles. The summed E-state index contributed by atoms with van der Waals surface area (Å²) in [5, 5.41) is 0.633. The number of rotatable bonds is 2. The van der Waals surface area contributed by atoms with E-state index in [2.05, 4.69) is 26.8 Å². The summed E-state index contributed by atoms with van der Waals surface area (Å²) in [6, 6.07) is 5.75. The molecule has 3 aromatic rings. The highest BCUT2D eigenvalue weighted by Crippen LogP contribution is 2.11. The molecule has 3 rings (SSSR count). The monoisotopic (exact) mass is 322 g/mol. The predicted octanol–water partition coefficient (Wildman–Crippen LogP) is 3.39. The Kier molecular flexibility index (Phi) is 4.40. The number of aryl methyl sites for hydroxylation is 2. The van der Waals surface area contributed by atoms with E-state index in [1.165, 1.54) is 0 Å². The van der Waals surface area contributed by atoms with Crippen molar-refractivity contribution in [1.82, 2.24) is 19.5 Å². The lowest BCUT2D eigenvalue weighted by molar-refractivity contribution is 0.758. The molecule has 0 fully saturated rings. The highest BCUT2D eigenvalue weighted by Gasteiger charge is 2.04. The number of halogens is 1. The first-order chi connectivity index (χ1) is 11.1. The van der Waals surface area contributed by atoms with E-state index in [4.69, 9.17) is 11.6 Å². The molecule has 23 heavy (non-hydrogen) atoms. The average molecular weight is 323 g/mol. The van der Waals surface area contributed by atoms with Crippen LogP contribution in [-0.4, -0.2) is 19.5 Å². The molecule has 114 valence electrons. The van der Waals surface area contributed by atoms with Crippen LogP contribution in [-0.2, 0) is 6.54 Å². The van der Waals surface area contributed by atoms with E-state index in [0.717, 1.165) is 28.3 Å². The van der Waals surface area contributed by atoms with Gasteiger partial charge in [-0.25, -0.2) is 4.98 Å². The third-order valence-electron chi connectivity index (χ3n) is 3.32. The van der Waals surface area contributed by atoms with E-state index < -0.39 is 0 Å². The fourth-order valence-corrected chi connectivity index (χ4v) is 2.42. The minimum atomic E-state index is 0.633. The summed E-state index contributed by atoms with van der Waals surface area (Å²) in [4.78, 5) is 12.8. The Labute approximate surface area is 140 Å². The fraction of sp³-hybridized carbons (Fsp3) is 0.167. The topological polar surface area (TPSA) is 43.6 Å². The number of hydrogen-bond donors (Lipinski definition) is 0. The molecule has 0 radical (unpaired) electrons. The van der Waals surface area contributed by atoms with Crippen LogP contribution in [0.15, 0.2) is 43.0 Å². The van der Waals surface area contributed by atoms with Crippen molar-refractivity contribution in [3.8, 4) is 11.8 Å². The summed E-state index contributed by atoms with van der Waals surface area (Å²) in [7, 11) is 0. The second-order valence-corrected chi connectivity index (χ2v) is 5.68. The van der Waals surface area contributed by atoms with Crippen LogP contribution in [0.25, 0.3) is 0 Å². The van der Waals surface area contributed by atoms with Gasteiger partial charge in [0.1, 0.15) is 11.5 Å². The second-order valence-electron chi connectivity index (χ2n) is 5.25. The molecule has 0 N–H and O–H groups in total. The first-order valence-electron chi connectivity index (χ1n) is 7.18. The van der Waals surface area contributed by atoms with Gasteiger partial charge in [-0.15, -0.1) is 0 Å². The van der Waals surface area contributed by atoms with Crippen LogP contribution in [0.1, 0.15) is 28.3 Å². The van der Waals surface area contributed by atoms with Crippen molar-refractivity contribution in [2.45, 2.75) is 20.4 Å². The van der Waals surface area contributed by atoms with Gasteiger partial charge in [-0.3, -0.25) is 9.97 Å². The van der Waals surface area contributed by atoms with Crippen LogP contribution < -0.4 is 0 Å². The minimum absolute atomic E-state index is 0.633. The first-order valence-corrected chi connectivity index (χ1v) is 7.56. The third kappa shape index (κ3) is 3.97. The van der Waals surface area contributed by atoms with Gasteiger partial charge in [0.15, 0.2) is 0 Å². The van der Waals surface area contributed by atoms with Gasteiger partial charge in [0, 0.05) is 36.0 Å². The van der Waals surface area contributed by atoms with Crippen molar-refractivity contribution < 1.29 is 0 Å². The average Bonchev–Trinajstić information content (AvgIpc) is 2.86. The largest absolute Gasteiger partial charge is 0.329 e. The van der Waals surface area contributed by atoms with Crippen LogP contribution >= 0.6 is 11.6 Å². The smallest absolute Gasteiger partial charge is 0.131 e. The molecule has 0 aromatic carbocycles. The zero-order valence-electron chi connectivity index (χ0n) is 12.9. The lowest BCUT2D eigenvalue weighted by Crippen LogP contribution is -2.00. The van der Waals surface area contributed by atoms with Crippen molar-refractivity contribution >= 4 is 11.6 Å². The van der Waals surface area contributed by atoms with Crippen molar-refractivity contribution in [3.63, 3.8) is 0 Å². The Morgan fingerprint density at radius 2 is 2.04 bits per heavy atom. The van der Waals surface area contributed by atoms with Gasteiger partial charge in [0.05, 0.1) is 11.6 Å². The maximum atomic E-state index is 5.97. The minimum Gasteiger partial charge on any atom is -0.329 e. The van der Waals surface area contributed by atoms with Gasteiger partial charge in [-0.1, -0.05) is 17.5 Å². The molecule has 0 saturated heterocycles. The fourth-order valence-electron chi connectivity index (χ4n) is 2.23. The maximum Gasteiger partial charge on any atom is 0.131 e. The zero-order valence-corrected chi connectivity index (χ0v) is 13.7. The Balaban J connectivity index is 1.81. The molecule has 5 heteroatoms. The molecule has 0 saturated carbocycles. The van der Waals surface area contributed by atoms with E-state index in [9.17, 15) is 0 Å².